The molecule has 0 aromatic heterocycles. The van der Waals surface area contributed by atoms with Crippen molar-refractivity contribution in [2.45, 2.75) is 51.1 Å². The van der Waals surface area contributed by atoms with Crippen LogP contribution in [0, 0.1) is 0 Å². The van der Waals surface area contributed by atoms with Crippen molar-refractivity contribution in [3.8, 4) is 0 Å². The van der Waals surface area contributed by atoms with Gasteiger partial charge in [0, 0.05) is 29.8 Å². The van der Waals surface area contributed by atoms with E-state index in [0.717, 1.165) is 23.4 Å². The van der Waals surface area contributed by atoms with Crippen molar-refractivity contribution in [3.63, 3.8) is 0 Å². The van der Waals surface area contributed by atoms with Gasteiger partial charge in [-0.2, -0.15) is 0 Å². The maximum atomic E-state index is 6.36. The Bertz CT molecular complexity index is 401. The zero-order chi connectivity index (χ0) is 13.1. The largest absolute Gasteiger partial charge is 0.372 e. The smallest absolute Gasteiger partial charge is 0.0459 e. The number of halogens is 1. The summed E-state index contributed by atoms with van der Waals surface area (Å²) < 4.78 is 0. The third-order valence-electron chi connectivity index (χ3n) is 4.07. The minimum atomic E-state index is 0.206. The first-order valence-corrected chi connectivity index (χ1v) is 7.26. The Hall–Kier alpha value is -0.730. The van der Waals surface area contributed by atoms with Crippen LogP contribution in [0.4, 0.5) is 5.69 Å². The van der Waals surface area contributed by atoms with Crippen molar-refractivity contribution in [1.82, 2.24) is 0 Å². The summed E-state index contributed by atoms with van der Waals surface area (Å²) in [7, 11) is 2.16. The second kappa shape index (κ2) is 5.94. The van der Waals surface area contributed by atoms with Crippen molar-refractivity contribution < 1.29 is 0 Å². The van der Waals surface area contributed by atoms with Crippen molar-refractivity contribution >= 4 is 17.3 Å². The molecule has 0 heterocycles. The number of hydrogen-bond acceptors (Lipinski definition) is 2. The Balaban J connectivity index is 2.08. The third kappa shape index (κ3) is 2.99. The molecule has 1 unspecified atom stereocenters. The van der Waals surface area contributed by atoms with Gasteiger partial charge in [-0.1, -0.05) is 24.6 Å². The Labute approximate surface area is 115 Å². The summed E-state index contributed by atoms with van der Waals surface area (Å²) in [6.07, 6.45) is 5.81. The molecule has 0 amide bonds. The van der Waals surface area contributed by atoms with Crippen LogP contribution in [0.25, 0.3) is 0 Å². The molecule has 18 heavy (non-hydrogen) atoms. The van der Waals surface area contributed by atoms with E-state index in [9.17, 15) is 0 Å². The first-order chi connectivity index (χ1) is 8.61. The molecule has 1 atom stereocenters. The zero-order valence-electron chi connectivity index (χ0n) is 11.3. The monoisotopic (exact) mass is 266 g/mol. The lowest BCUT2D eigenvalue weighted by Gasteiger charge is -2.36. The van der Waals surface area contributed by atoms with E-state index in [1.54, 1.807) is 0 Å². The van der Waals surface area contributed by atoms with E-state index in [1.807, 2.05) is 0 Å². The lowest BCUT2D eigenvalue weighted by Crippen LogP contribution is -2.37. The molecule has 1 aromatic rings. The summed E-state index contributed by atoms with van der Waals surface area (Å²) >= 11 is 6.36. The molecule has 1 saturated carbocycles. The van der Waals surface area contributed by atoms with Gasteiger partial charge in [-0.15, -0.1) is 0 Å². The normalized spacial score (nSPS) is 17.3. The lowest BCUT2D eigenvalue weighted by molar-refractivity contribution is 0.401. The molecule has 2 N–H and O–H groups in total. The number of rotatable bonds is 5. The highest BCUT2D eigenvalue weighted by Crippen LogP contribution is 2.31. The van der Waals surface area contributed by atoms with Crippen LogP contribution in [0.2, 0.25) is 5.02 Å². The molecule has 100 valence electrons. The molecule has 0 spiro atoms. The molecule has 0 bridgehead atoms. The fourth-order valence-corrected chi connectivity index (χ4v) is 2.58. The Morgan fingerprint density at radius 2 is 2.17 bits per heavy atom. The van der Waals surface area contributed by atoms with Crippen LogP contribution >= 0.6 is 11.6 Å². The van der Waals surface area contributed by atoms with Crippen LogP contribution in [0.3, 0.4) is 0 Å². The predicted octanol–water partition coefficient (Wildman–Crippen LogP) is 3.61. The predicted molar refractivity (Wildman–Crippen MR) is 79.5 cm³/mol. The number of benzene rings is 1. The number of nitrogens with two attached hydrogens (primary N) is 1. The van der Waals surface area contributed by atoms with Crippen LogP contribution < -0.4 is 10.6 Å². The summed E-state index contributed by atoms with van der Waals surface area (Å²) in [6, 6.07) is 7.28. The summed E-state index contributed by atoms with van der Waals surface area (Å²) in [4.78, 5) is 2.35. The zero-order valence-corrected chi connectivity index (χ0v) is 12.1. The maximum absolute atomic E-state index is 6.36. The highest BCUT2D eigenvalue weighted by atomic mass is 35.5. The van der Waals surface area contributed by atoms with Gasteiger partial charge in [0.25, 0.3) is 0 Å². The molecule has 3 heteroatoms. The van der Waals surface area contributed by atoms with Gasteiger partial charge in [0.1, 0.15) is 0 Å². The molecule has 1 fully saturated rings. The fraction of sp³-hybridized carbons (Fsp3) is 0.600. The van der Waals surface area contributed by atoms with Crippen molar-refractivity contribution in [1.29, 1.82) is 0 Å². The molecule has 2 nitrogen and oxygen atoms in total. The molecule has 0 radical (unpaired) electrons. The summed E-state index contributed by atoms with van der Waals surface area (Å²) in [5, 5.41) is 0.850. The van der Waals surface area contributed by atoms with E-state index in [0.29, 0.717) is 6.04 Å². The molecular weight excluding hydrogens is 244 g/mol. The van der Waals surface area contributed by atoms with E-state index < -0.39 is 0 Å². The maximum Gasteiger partial charge on any atom is 0.0459 e. The lowest BCUT2D eigenvalue weighted by atomic mass is 9.91. The number of hydrogen-bond donors (Lipinski definition) is 1. The van der Waals surface area contributed by atoms with Crippen molar-refractivity contribution in [2.24, 2.45) is 5.73 Å². The molecule has 2 rings (SSSR count). The standard InChI is InChI=1S/C15H23ClN2/c1-3-12(17)9-11-7-8-14(10-15(11)16)18(2)13-5-4-6-13/h7-8,10,12-13H,3-6,9,17H2,1-2H3. The molecule has 0 saturated heterocycles. The first-order valence-electron chi connectivity index (χ1n) is 6.88. The van der Waals surface area contributed by atoms with Crippen LogP contribution in [-0.2, 0) is 6.42 Å². The third-order valence-corrected chi connectivity index (χ3v) is 4.42. The second-order valence-electron chi connectivity index (χ2n) is 5.34. The van der Waals surface area contributed by atoms with Crippen molar-refractivity contribution in [2.75, 3.05) is 11.9 Å². The molecular formula is C15H23ClN2. The average Bonchev–Trinajstić information content (AvgIpc) is 2.29. The minimum Gasteiger partial charge on any atom is -0.372 e. The Morgan fingerprint density at radius 3 is 2.67 bits per heavy atom. The van der Waals surface area contributed by atoms with Crippen LogP contribution in [0.15, 0.2) is 18.2 Å². The quantitative estimate of drug-likeness (QED) is 0.882. The Morgan fingerprint density at radius 1 is 1.44 bits per heavy atom. The van der Waals surface area contributed by atoms with Gasteiger partial charge in [-0.05, 0) is 49.8 Å². The molecule has 0 aliphatic heterocycles. The summed E-state index contributed by atoms with van der Waals surface area (Å²) in [5.74, 6) is 0. The van der Waals surface area contributed by atoms with Crippen LogP contribution in [0.5, 0.6) is 0 Å². The fourth-order valence-electron chi connectivity index (χ4n) is 2.33. The Kier molecular flexibility index (Phi) is 4.52. The molecule has 1 aliphatic rings. The van der Waals surface area contributed by atoms with Gasteiger partial charge in [0.15, 0.2) is 0 Å². The minimum absolute atomic E-state index is 0.206. The van der Waals surface area contributed by atoms with Gasteiger partial charge in [-0.3, -0.25) is 0 Å². The van der Waals surface area contributed by atoms with E-state index in [2.05, 4.69) is 37.1 Å². The van der Waals surface area contributed by atoms with Crippen LogP contribution in [0.1, 0.15) is 38.2 Å². The number of anilines is 1. The average molecular weight is 267 g/mol. The highest BCUT2D eigenvalue weighted by Gasteiger charge is 2.22. The van der Waals surface area contributed by atoms with E-state index >= 15 is 0 Å². The van der Waals surface area contributed by atoms with Gasteiger partial charge in [-0.25, -0.2) is 0 Å². The highest BCUT2D eigenvalue weighted by molar-refractivity contribution is 6.31. The summed E-state index contributed by atoms with van der Waals surface area (Å²) in [6.45, 7) is 2.11. The number of nitrogens with zero attached hydrogens (tertiary/aromatic N) is 1. The van der Waals surface area contributed by atoms with Gasteiger partial charge >= 0.3 is 0 Å². The van der Waals surface area contributed by atoms with E-state index in [1.165, 1.54) is 24.9 Å². The summed E-state index contributed by atoms with van der Waals surface area (Å²) in [5.41, 5.74) is 8.37. The van der Waals surface area contributed by atoms with Gasteiger partial charge in [0.2, 0.25) is 0 Å². The van der Waals surface area contributed by atoms with Crippen molar-refractivity contribution in [3.05, 3.63) is 28.8 Å². The topological polar surface area (TPSA) is 29.3 Å². The molecule has 1 aliphatic carbocycles. The van der Waals surface area contributed by atoms with Crippen LogP contribution in [-0.4, -0.2) is 19.1 Å². The van der Waals surface area contributed by atoms with Gasteiger partial charge in [0.05, 0.1) is 0 Å². The van der Waals surface area contributed by atoms with E-state index in [4.69, 9.17) is 17.3 Å². The molecule has 1 aromatic carbocycles. The van der Waals surface area contributed by atoms with Gasteiger partial charge < -0.3 is 10.6 Å². The second-order valence-corrected chi connectivity index (χ2v) is 5.75. The first kappa shape index (κ1) is 13.7. The SMILES string of the molecule is CCC(N)Cc1ccc(N(C)C2CCC2)cc1Cl. The van der Waals surface area contributed by atoms with E-state index in [-0.39, 0.29) is 6.04 Å².